The van der Waals surface area contributed by atoms with Crippen molar-refractivity contribution in [1.29, 1.82) is 0 Å². The van der Waals surface area contributed by atoms with E-state index in [2.05, 4.69) is 23.6 Å². The number of carbonyl (C=O) groups excluding carboxylic acids is 1. The number of ether oxygens (including phenoxy) is 1. The van der Waals surface area contributed by atoms with Crippen LogP contribution in [0.2, 0.25) is 0 Å². The number of carbonyl (C=O) groups is 1. The Hall–Kier alpha value is -1.88. The summed E-state index contributed by atoms with van der Waals surface area (Å²) in [7, 11) is 0. The fourth-order valence-corrected chi connectivity index (χ4v) is 6.44. The summed E-state index contributed by atoms with van der Waals surface area (Å²) in [6.45, 7) is 9.16. The van der Waals surface area contributed by atoms with E-state index < -0.39 is 0 Å². The molecule has 0 aromatic heterocycles. The first kappa shape index (κ1) is 20.0. The fourth-order valence-electron chi connectivity index (χ4n) is 6.44. The predicted octanol–water partition coefficient (Wildman–Crippen LogP) is 4.41. The molecular formula is C25H33FN2O2. The average molecular weight is 413 g/mol. The average Bonchev–Trinajstić information content (AvgIpc) is 3.01. The van der Waals surface area contributed by atoms with Crippen LogP contribution in [0.3, 0.4) is 0 Å². The van der Waals surface area contributed by atoms with Crippen LogP contribution in [0.1, 0.15) is 46.0 Å². The zero-order chi connectivity index (χ0) is 20.9. The number of piperazine rings is 1. The van der Waals surface area contributed by atoms with Crippen molar-refractivity contribution in [2.45, 2.75) is 52.1 Å². The topological polar surface area (TPSA) is 32.8 Å². The largest absolute Gasteiger partial charge is 0.462 e. The predicted molar refractivity (Wildman–Crippen MR) is 116 cm³/mol. The summed E-state index contributed by atoms with van der Waals surface area (Å²) in [6, 6.07) is 6.75. The molecule has 0 spiro atoms. The normalized spacial score (nSPS) is 34.6. The highest BCUT2D eigenvalue weighted by atomic mass is 19.1. The van der Waals surface area contributed by atoms with Crippen LogP contribution in [0.4, 0.5) is 10.1 Å². The van der Waals surface area contributed by atoms with Crippen LogP contribution >= 0.6 is 0 Å². The molecule has 0 N–H and O–H groups in total. The van der Waals surface area contributed by atoms with E-state index in [0.717, 1.165) is 51.3 Å². The molecule has 2 saturated heterocycles. The van der Waals surface area contributed by atoms with Gasteiger partial charge in [0.05, 0.1) is 5.92 Å². The van der Waals surface area contributed by atoms with Crippen LogP contribution in [0.25, 0.3) is 0 Å². The molecule has 1 aromatic carbocycles. The van der Waals surface area contributed by atoms with Gasteiger partial charge < -0.3 is 9.64 Å². The first-order valence-corrected chi connectivity index (χ1v) is 11.6. The Labute approximate surface area is 179 Å². The van der Waals surface area contributed by atoms with Crippen LogP contribution in [-0.4, -0.2) is 49.7 Å². The third-order valence-electron chi connectivity index (χ3n) is 8.20. The molecule has 0 amide bonds. The lowest BCUT2D eigenvalue weighted by Gasteiger charge is -2.46. The minimum Gasteiger partial charge on any atom is -0.462 e. The van der Waals surface area contributed by atoms with Gasteiger partial charge in [0, 0.05) is 44.3 Å². The van der Waals surface area contributed by atoms with Gasteiger partial charge in [-0.15, -0.1) is 0 Å². The van der Waals surface area contributed by atoms with E-state index in [1.54, 1.807) is 11.1 Å². The zero-order valence-corrected chi connectivity index (χ0v) is 18.2. The Bertz CT molecular complexity index is 843. The van der Waals surface area contributed by atoms with Crippen molar-refractivity contribution in [1.82, 2.24) is 4.90 Å². The summed E-state index contributed by atoms with van der Waals surface area (Å²) in [4.78, 5) is 17.5. The molecule has 162 valence electrons. The molecule has 3 fully saturated rings. The highest BCUT2D eigenvalue weighted by Gasteiger charge is 2.53. The van der Waals surface area contributed by atoms with Gasteiger partial charge in [0.2, 0.25) is 0 Å². The molecule has 5 heteroatoms. The Kier molecular flexibility index (Phi) is 5.12. The Morgan fingerprint density at radius 2 is 1.90 bits per heavy atom. The first-order chi connectivity index (χ1) is 14.4. The molecule has 0 radical (unpaired) electrons. The Morgan fingerprint density at radius 1 is 1.17 bits per heavy atom. The summed E-state index contributed by atoms with van der Waals surface area (Å²) in [6.07, 6.45) is 5.86. The molecule has 2 aliphatic carbocycles. The smallest absolute Gasteiger partial charge is 0.310 e. The fraction of sp³-hybridized carbons (Fsp3) is 0.640. The van der Waals surface area contributed by atoms with Crippen LogP contribution in [-0.2, 0) is 9.53 Å². The van der Waals surface area contributed by atoms with Gasteiger partial charge in [-0.25, -0.2) is 4.39 Å². The third kappa shape index (κ3) is 3.55. The van der Waals surface area contributed by atoms with Crippen molar-refractivity contribution in [3.05, 3.63) is 41.2 Å². The number of allylic oxidation sites excluding steroid dienone is 2. The zero-order valence-electron chi connectivity index (χ0n) is 18.2. The molecular weight excluding hydrogens is 379 g/mol. The van der Waals surface area contributed by atoms with Gasteiger partial charge >= 0.3 is 5.97 Å². The van der Waals surface area contributed by atoms with E-state index in [0.29, 0.717) is 5.92 Å². The Morgan fingerprint density at radius 3 is 2.63 bits per heavy atom. The second-order valence-electron chi connectivity index (χ2n) is 10.1. The van der Waals surface area contributed by atoms with Gasteiger partial charge in [-0.3, -0.25) is 9.69 Å². The van der Waals surface area contributed by atoms with Gasteiger partial charge in [-0.1, -0.05) is 18.1 Å². The number of anilines is 1. The van der Waals surface area contributed by atoms with E-state index in [4.69, 9.17) is 4.74 Å². The first-order valence-electron chi connectivity index (χ1n) is 11.6. The number of hydrogen-bond acceptors (Lipinski definition) is 4. The molecule has 1 saturated carbocycles. The highest BCUT2D eigenvalue weighted by Crippen LogP contribution is 2.55. The third-order valence-corrected chi connectivity index (χ3v) is 8.20. The van der Waals surface area contributed by atoms with E-state index in [9.17, 15) is 9.18 Å². The van der Waals surface area contributed by atoms with Crippen LogP contribution in [0.15, 0.2) is 35.4 Å². The van der Waals surface area contributed by atoms with Gasteiger partial charge in [0.25, 0.3) is 0 Å². The summed E-state index contributed by atoms with van der Waals surface area (Å²) in [5.74, 6) is 0.160. The second kappa shape index (κ2) is 7.67. The maximum atomic E-state index is 13.2. The van der Waals surface area contributed by atoms with Gasteiger partial charge in [-0.05, 0) is 68.7 Å². The van der Waals surface area contributed by atoms with Crippen molar-refractivity contribution in [3.63, 3.8) is 0 Å². The maximum Gasteiger partial charge on any atom is 0.310 e. The van der Waals surface area contributed by atoms with Crippen LogP contribution in [0, 0.1) is 23.1 Å². The van der Waals surface area contributed by atoms with Gasteiger partial charge in [0.1, 0.15) is 11.9 Å². The minimum absolute atomic E-state index is 0.000789. The van der Waals surface area contributed by atoms with E-state index in [1.807, 2.05) is 12.1 Å². The molecule has 0 unspecified atom stereocenters. The molecule has 0 bridgehead atoms. The molecule has 4 atom stereocenters. The quantitative estimate of drug-likeness (QED) is 0.544. The van der Waals surface area contributed by atoms with Crippen molar-refractivity contribution in [3.8, 4) is 0 Å². The van der Waals surface area contributed by atoms with E-state index in [1.165, 1.54) is 31.4 Å². The summed E-state index contributed by atoms with van der Waals surface area (Å²) >= 11 is 0. The second-order valence-corrected chi connectivity index (χ2v) is 10.1. The lowest BCUT2D eigenvalue weighted by molar-refractivity contribution is -0.145. The number of nitrogens with zero attached hydrogens (tertiary/aromatic N) is 2. The van der Waals surface area contributed by atoms with E-state index in [-0.39, 0.29) is 29.2 Å². The summed E-state index contributed by atoms with van der Waals surface area (Å²) in [5.41, 5.74) is 4.50. The van der Waals surface area contributed by atoms with Crippen molar-refractivity contribution in [2.75, 3.05) is 37.6 Å². The number of esters is 1. The van der Waals surface area contributed by atoms with Gasteiger partial charge in [-0.2, -0.15) is 0 Å². The van der Waals surface area contributed by atoms with Crippen molar-refractivity contribution in [2.24, 2.45) is 17.3 Å². The summed E-state index contributed by atoms with van der Waals surface area (Å²) in [5, 5.41) is 0. The maximum absolute atomic E-state index is 13.2. The summed E-state index contributed by atoms with van der Waals surface area (Å²) < 4.78 is 19.1. The molecule has 1 aromatic rings. The number of rotatable bonds is 3. The number of halogens is 1. The van der Waals surface area contributed by atoms with E-state index >= 15 is 0 Å². The number of hydrogen-bond donors (Lipinski definition) is 0. The standard InChI is InChI=1S/C25H33FN2O2/c1-17-4-3-9-25(2)15-23-20(14-22(17)25)21(24(29)30-23)16-27-10-12-28(13-11-27)19-7-5-18(26)6-8-19/h5-8,20-21,23H,3-4,9-16H2,1-2H3/t20-,21-,23-,25-/m1/s1. The number of benzene rings is 1. The molecule has 2 heterocycles. The Balaban J connectivity index is 1.24. The lowest BCUT2D eigenvalue weighted by Crippen LogP contribution is -2.49. The van der Waals surface area contributed by atoms with Gasteiger partial charge in [0.15, 0.2) is 0 Å². The SMILES string of the molecule is CC1=C2C[C@H]3[C@@H](C[C@@]2(C)CCC1)OC(=O)[C@@H]3CN1CCN(c2ccc(F)cc2)CC1. The molecule has 2 aliphatic heterocycles. The van der Waals surface area contributed by atoms with Crippen molar-refractivity contribution < 1.29 is 13.9 Å². The molecule has 4 aliphatic rings. The molecule has 5 rings (SSSR count). The van der Waals surface area contributed by atoms with Crippen molar-refractivity contribution >= 4 is 11.7 Å². The monoisotopic (exact) mass is 412 g/mol. The number of fused-ring (bicyclic) bond motifs is 2. The van der Waals surface area contributed by atoms with Crippen LogP contribution < -0.4 is 4.90 Å². The molecule has 30 heavy (non-hydrogen) atoms. The minimum atomic E-state index is -0.196. The van der Waals surface area contributed by atoms with Crippen LogP contribution in [0.5, 0.6) is 0 Å². The molecule has 4 nitrogen and oxygen atoms in total. The highest BCUT2D eigenvalue weighted by molar-refractivity contribution is 5.76. The lowest BCUT2D eigenvalue weighted by atomic mass is 9.59.